The van der Waals surface area contributed by atoms with Gasteiger partial charge in [-0.25, -0.2) is 0 Å². The lowest BCUT2D eigenvalue weighted by Crippen LogP contribution is -2.37. The Hall–Kier alpha value is -2.14. The Morgan fingerprint density at radius 3 is 2.52 bits per heavy atom. The highest BCUT2D eigenvalue weighted by molar-refractivity contribution is 6.31. The Morgan fingerprint density at radius 1 is 1.10 bits per heavy atom. The molecule has 1 N–H and O–H groups in total. The molecule has 0 spiro atoms. The Morgan fingerprint density at radius 2 is 1.83 bits per heavy atom. The quantitative estimate of drug-likeness (QED) is 0.551. The predicted octanol–water partition coefficient (Wildman–Crippen LogP) is 4.90. The van der Waals surface area contributed by atoms with Crippen LogP contribution >= 0.6 is 24.0 Å². The van der Waals surface area contributed by atoms with Gasteiger partial charge in [0.1, 0.15) is 0 Å². The van der Waals surface area contributed by atoms with Crippen molar-refractivity contribution in [2.24, 2.45) is 0 Å². The van der Waals surface area contributed by atoms with Gasteiger partial charge in [-0.3, -0.25) is 9.78 Å². The molecule has 1 amide bonds. The van der Waals surface area contributed by atoms with E-state index in [1.54, 1.807) is 6.20 Å². The third kappa shape index (κ3) is 5.69. The first-order valence-corrected chi connectivity index (χ1v) is 10.1. The largest absolute Gasteiger partial charge is 0.354 e. The van der Waals surface area contributed by atoms with Crippen LogP contribution in [-0.4, -0.2) is 42.0 Å². The summed E-state index contributed by atoms with van der Waals surface area (Å²) < 4.78 is 0. The number of rotatable bonds is 8. The molecule has 0 radical (unpaired) electrons. The number of pyridine rings is 1. The minimum Gasteiger partial charge on any atom is -0.354 e. The summed E-state index contributed by atoms with van der Waals surface area (Å²) in [5.41, 5.74) is 2.69. The number of nitrogens with one attached hydrogen (secondary N) is 1. The van der Waals surface area contributed by atoms with Crippen LogP contribution in [0.3, 0.4) is 0 Å². The summed E-state index contributed by atoms with van der Waals surface area (Å²) in [5, 5.41) is 4.71. The Balaban J connectivity index is 0.00000300. The summed E-state index contributed by atoms with van der Waals surface area (Å²) in [5.74, 6) is -0.398. The van der Waals surface area contributed by atoms with E-state index in [4.69, 9.17) is 11.6 Å². The number of hydrogen-bond acceptors (Lipinski definition) is 3. The lowest BCUT2D eigenvalue weighted by molar-refractivity contribution is -0.121. The highest BCUT2D eigenvalue weighted by Crippen LogP contribution is 2.31. The number of halogens is 2. The molecule has 1 unspecified atom stereocenters. The topological polar surface area (TPSA) is 45.2 Å². The summed E-state index contributed by atoms with van der Waals surface area (Å²) in [4.78, 5) is 20.0. The molecule has 29 heavy (non-hydrogen) atoms. The average Bonchev–Trinajstić information content (AvgIpc) is 2.72. The van der Waals surface area contributed by atoms with Gasteiger partial charge in [-0.05, 0) is 42.4 Å². The Kier molecular flexibility index (Phi) is 8.90. The highest BCUT2D eigenvalue weighted by Gasteiger charge is 2.24. The Bertz CT molecular complexity index is 930. The summed E-state index contributed by atoms with van der Waals surface area (Å²) in [6.07, 6.45) is 1.74. The van der Waals surface area contributed by atoms with Crippen LogP contribution in [0.1, 0.15) is 30.9 Å². The summed E-state index contributed by atoms with van der Waals surface area (Å²) in [7, 11) is 0. The third-order valence-corrected chi connectivity index (χ3v) is 5.30. The zero-order valence-electron chi connectivity index (χ0n) is 16.8. The van der Waals surface area contributed by atoms with Crippen molar-refractivity contribution < 1.29 is 4.79 Å². The number of fused-ring (bicyclic) bond motifs is 1. The average molecular weight is 432 g/mol. The number of amides is 1. The van der Waals surface area contributed by atoms with Crippen molar-refractivity contribution in [3.8, 4) is 0 Å². The molecule has 6 heteroatoms. The first-order chi connectivity index (χ1) is 13.6. The van der Waals surface area contributed by atoms with E-state index >= 15 is 0 Å². The van der Waals surface area contributed by atoms with Gasteiger partial charge in [0, 0.05) is 29.7 Å². The van der Waals surface area contributed by atoms with Crippen LogP contribution in [0.5, 0.6) is 0 Å². The summed E-state index contributed by atoms with van der Waals surface area (Å²) >= 11 is 6.13. The third-order valence-electron chi connectivity index (χ3n) is 5.07. The maximum absolute atomic E-state index is 13.2. The molecule has 0 saturated carbocycles. The number of carbonyl (C=O) groups excluding carboxylic acids is 1. The molecule has 2 aromatic carbocycles. The number of nitrogens with zero attached hydrogens (tertiary/aromatic N) is 2. The van der Waals surface area contributed by atoms with Gasteiger partial charge in [0.05, 0.1) is 11.4 Å². The standard InChI is InChI=1S/C23H26ClN3O.ClH/c1-3-27(4-2)15-14-26-23(28)22(17-8-6-5-7-9-17)20-12-13-25-21-16-18(24)10-11-19(20)21;/h5-13,16,22H,3-4,14-15H2,1-2H3,(H,26,28);1H. The van der Waals surface area contributed by atoms with E-state index in [0.717, 1.165) is 41.7 Å². The first-order valence-electron chi connectivity index (χ1n) is 9.73. The smallest absolute Gasteiger partial charge is 0.232 e. The summed E-state index contributed by atoms with van der Waals surface area (Å²) in [6, 6.07) is 17.4. The lowest BCUT2D eigenvalue weighted by Gasteiger charge is -2.22. The van der Waals surface area contributed by atoms with Gasteiger partial charge in [-0.2, -0.15) is 0 Å². The normalized spacial score (nSPS) is 11.9. The zero-order valence-corrected chi connectivity index (χ0v) is 18.3. The zero-order chi connectivity index (χ0) is 19.9. The molecule has 0 fully saturated rings. The molecule has 1 atom stereocenters. The van der Waals surface area contributed by atoms with Crippen molar-refractivity contribution >= 4 is 40.8 Å². The molecule has 0 bridgehead atoms. The van der Waals surface area contributed by atoms with Crippen LogP contribution in [0.15, 0.2) is 60.8 Å². The van der Waals surface area contributed by atoms with E-state index in [1.807, 2.05) is 54.6 Å². The van der Waals surface area contributed by atoms with Crippen LogP contribution in [0.2, 0.25) is 5.02 Å². The van der Waals surface area contributed by atoms with E-state index in [-0.39, 0.29) is 18.3 Å². The number of aromatic nitrogens is 1. The monoisotopic (exact) mass is 431 g/mol. The van der Waals surface area contributed by atoms with Crippen LogP contribution in [0, 0.1) is 0 Å². The van der Waals surface area contributed by atoms with E-state index < -0.39 is 5.92 Å². The van der Waals surface area contributed by atoms with Crippen molar-refractivity contribution in [3.05, 3.63) is 76.9 Å². The minimum atomic E-state index is -0.399. The fourth-order valence-corrected chi connectivity index (χ4v) is 3.66. The van der Waals surface area contributed by atoms with Gasteiger partial charge >= 0.3 is 0 Å². The van der Waals surface area contributed by atoms with Crippen LogP contribution < -0.4 is 5.32 Å². The second kappa shape index (κ2) is 11.1. The molecule has 154 valence electrons. The molecule has 3 aromatic rings. The van der Waals surface area contributed by atoms with E-state index in [0.29, 0.717) is 11.6 Å². The van der Waals surface area contributed by atoms with Crippen molar-refractivity contribution in [2.45, 2.75) is 19.8 Å². The molecular weight excluding hydrogens is 405 g/mol. The van der Waals surface area contributed by atoms with Crippen molar-refractivity contribution in [1.82, 2.24) is 15.2 Å². The molecule has 3 rings (SSSR count). The van der Waals surface area contributed by atoms with E-state index in [9.17, 15) is 4.79 Å². The molecule has 0 saturated heterocycles. The van der Waals surface area contributed by atoms with Gasteiger partial charge in [-0.15, -0.1) is 12.4 Å². The maximum atomic E-state index is 13.2. The number of hydrogen-bond donors (Lipinski definition) is 1. The second-order valence-corrected chi connectivity index (χ2v) is 7.16. The van der Waals surface area contributed by atoms with Crippen LogP contribution in [0.25, 0.3) is 10.9 Å². The molecule has 0 aliphatic heterocycles. The first kappa shape index (κ1) is 23.1. The van der Waals surface area contributed by atoms with Gasteiger partial charge in [0.15, 0.2) is 0 Å². The van der Waals surface area contributed by atoms with E-state index in [1.165, 1.54) is 0 Å². The lowest BCUT2D eigenvalue weighted by atomic mass is 9.88. The maximum Gasteiger partial charge on any atom is 0.232 e. The summed E-state index contributed by atoms with van der Waals surface area (Å²) in [6.45, 7) is 7.68. The van der Waals surface area contributed by atoms with Gasteiger partial charge < -0.3 is 10.2 Å². The van der Waals surface area contributed by atoms with Crippen molar-refractivity contribution in [3.63, 3.8) is 0 Å². The minimum absolute atomic E-state index is 0. The molecule has 0 aliphatic rings. The molecule has 4 nitrogen and oxygen atoms in total. The van der Waals surface area contributed by atoms with E-state index in [2.05, 4.69) is 29.0 Å². The van der Waals surface area contributed by atoms with Crippen LogP contribution in [-0.2, 0) is 4.79 Å². The van der Waals surface area contributed by atoms with Gasteiger partial charge in [0.2, 0.25) is 5.91 Å². The molecule has 1 aromatic heterocycles. The fourth-order valence-electron chi connectivity index (χ4n) is 3.49. The molecule has 0 aliphatic carbocycles. The fraction of sp³-hybridized carbons (Fsp3) is 0.304. The molecular formula is C23H27Cl2N3O. The second-order valence-electron chi connectivity index (χ2n) is 6.72. The highest BCUT2D eigenvalue weighted by atomic mass is 35.5. The van der Waals surface area contributed by atoms with Crippen molar-refractivity contribution in [1.29, 1.82) is 0 Å². The number of benzene rings is 2. The van der Waals surface area contributed by atoms with Gasteiger partial charge in [0.25, 0.3) is 0 Å². The van der Waals surface area contributed by atoms with Crippen molar-refractivity contribution in [2.75, 3.05) is 26.2 Å². The predicted molar refractivity (Wildman–Crippen MR) is 123 cm³/mol. The SMILES string of the molecule is CCN(CC)CCNC(=O)C(c1ccccc1)c1ccnc2cc(Cl)ccc12.Cl. The molecule has 1 heterocycles. The van der Waals surface area contributed by atoms with Crippen LogP contribution in [0.4, 0.5) is 0 Å². The number of likely N-dealkylation sites (N-methyl/N-ethyl adjacent to an activating group) is 1. The van der Waals surface area contributed by atoms with Gasteiger partial charge in [-0.1, -0.05) is 61.8 Å². The Labute approximate surface area is 183 Å². The number of carbonyl (C=O) groups is 1.